The van der Waals surface area contributed by atoms with Gasteiger partial charge < -0.3 is 20.6 Å². The van der Waals surface area contributed by atoms with Crippen LogP contribution in [0.5, 0.6) is 0 Å². The van der Waals surface area contributed by atoms with Crippen LogP contribution in [-0.2, 0) is 0 Å². The molecule has 0 radical (unpaired) electrons. The van der Waals surface area contributed by atoms with Crippen LogP contribution in [0.25, 0.3) is 0 Å². The molecule has 5 nitrogen and oxygen atoms in total. The summed E-state index contributed by atoms with van der Waals surface area (Å²) in [4.78, 5) is 6.84. The van der Waals surface area contributed by atoms with Crippen LogP contribution in [0.1, 0.15) is 31.4 Å². The van der Waals surface area contributed by atoms with Gasteiger partial charge in [0, 0.05) is 29.2 Å². The maximum absolute atomic E-state index is 10.3. The van der Waals surface area contributed by atoms with Crippen molar-refractivity contribution in [3.05, 3.63) is 33.8 Å². The molecular formula is C17H27Cl2IN4O. The molecule has 0 spiro atoms. The summed E-state index contributed by atoms with van der Waals surface area (Å²) in [6, 6.07) is 5.60. The number of aliphatic hydroxyl groups is 1. The molecule has 2 rings (SSSR count). The molecular weight excluding hydrogens is 474 g/mol. The number of halogens is 3. The van der Waals surface area contributed by atoms with Crippen molar-refractivity contribution >= 4 is 53.1 Å². The van der Waals surface area contributed by atoms with Gasteiger partial charge in [-0.15, -0.1) is 24.0 Å². The fourth-order valence-electron chi connectivity index (χ4n) is 2.84. The van der Waals surface area contributed by atoms with Crippen molar-refractivity contribution in [3.63, 3.8) is 0 Å². The van der Waals surface area contributed by atoms with Crippen molar-refractivity contribution < 1.29 is 5.11 Å². The lowest BCUT2D eigenvalue weighted by molar-refractivity contribution is 0.187. The fourth-order valence-corrected chi connectivity index (χ4v) is 3.39. The van der Waals surface area contributed by atoms with E-state index in [4.69, 9.17) is 23.2 Å². The van der Waals surface area contributed by atoms with E-state index >= 15 is 0 Å². The lowest BCUT2D eigenvalue weighted by atomic mass is 10.1. The molecule has 2 atom stereocenters. The quantitative estimate of drug-likeness (QED) is 0.318. The molecule has 25 heavy (non-hydrogen) atoms. The minimum atomic E-state index is -0.745. The van der Waals surface area contributed by atoms with E-state index in [1.807, 2.05) is 6.92 Å². The van der Waals surface area contributed by atoms with E-state index in [1.165, 1.54) is 12.8 Å². The number of aliphatic hydroxyl groups excluding tert-OH is 1. The van der Waals surface area contributed by atoms with Gasteiger partial charge in [0.05, 0.1) is 12.6 Å². The van der Waals surface area contributed by atoms with Gasteiger partial charge in [-0.05, 0) is 57.1 Å². The van der Waals surface area contributed by atoms with Crippen molar-refractivity contribution in [3.8, 4) is 0 Å². The number of guanidine groups is 1. The zero-order valence-electron chi connectivity index (χ0n) is 14.6. The minimum absolute atomic E-state index is 0. The molecule has 142 valence electrons. The molecule has 0 amide bonds. The van der Waals surface area contributed by atoms with Crippen molar-refractivity contribution in [1.29, 1.82) is 0 Å². The Labute approximate surface area is 177 Å². The first-order valence-electron chi connectivity index (χ1n) is 8.36. The van der Waals surface area contributed by atoms with E-state index in [2.05, 4.69) is 27.6 Å². The molecule has 1 fully saturated rings. The first kappa shape index (κ1) is 22.8. The number of aliphatic imine (C=N–C) groups is 1. The van der Waals surface area contributed by atoms with Crippen molar-refractivity contribution in [2.24, 2.45) is 4.99 Å². The van der Waals surface area contributed by atoms with Crippen LogP contribution >= 0.6 is 47.2 Å². The van der Waals surface area contributed by atoms with E-state index in [0.717, 1.165) is 19.6 Å². The first-order chi connectivity index (χ1) is 11.5. The Morgan fingerprint density at radius 1 is 1.32 bits per heavy atom. The Balaban J connectivity index is 0.00000312. The van der Waals surface area contributed by atoms with Crippen LogP contribution in [-0.4, -0.2) is 55.2 Å². The second kappa shape index (κ2) is 11.4. The molecule has 0 saturated carbocycles. The van der Waals surface area contributed by atoms with E-state index in [1.54, 1.807) is 18.2 Å². The maximum atomic E-state index is 10.3. The smallest absolute Gasteiger partial charge is 0.191 e. The highest BCUT2D eigenvalue weighted by molar-refractivity contribution is 14.0. The Kier molecular flexibility index (Phi) is 10.4. The minimum Gasteiger partial charge on any atom is -0.386 e. The molecule has 2 unspecified atom stereocenters. The Bertz CT molecular complexity index is 553. The molecule has 0 bridgehead atoms. The monoisotopic (exact) mass is 500 g/mol. The summed E-state index contributed by atoms with van der Waals surface area (Å²) in [7, 11) is 2.15. The molecule has 1 aromatic rings. The summed E-state index contributed by atoms with van der Waals surface area (Å²) in [6.07, 6.45) is 1.70. The first-order valence-corrected chi connectivity index (χ1v) is 9.11. The molecule has 3 N–H and O–H groups in total. The summed E-state index contributed by atoms with van der Waals surface area (Å²) >= 11 is 12.0. The van der Waals surface area contributed by atoms with Gasteiger partial charge >= 0.3 is 0 Å². The molecule has 1 aromatic carbocycles. The number of rotatable bonds is 6. The number of likely N-dealkylation sites (N-methyl/N-ethyl adjacent to an activating group) is 1. The molecule has 0 aromatic heterocycles. The fraction of sp³-hybridized carbons (Fsp3) is 0.588. The van der Waals surface area contributed by atoms with Gasteiger partial charge in [0.25, 0.3) is 0 Å². The van der Waals surface area contributed by atoms with Gasteiger partial charge in [0.2, 0.25) is 0 Å². The summed E-state index contributed by atoms with van der Waals surface area (Å²) in [5.74, 6) is 0.713. The van der Waals surface area contributed by atoms with Crippen LogP contribution < -0.4 is 10.6 Å². The number of benzene rings is 1. The van der Waals surface area contributed by atoms with Gasteiger partial charge in [0.15, 0.2) is 5.96 Å². The number of nitrogens with zero attached hydrogens (tertiary/aromatic N) is 2. The Hall–Kier alpha value is -0.280. The summed E-state index contributed by atoms with van der Waals surface area (Å²) < 4.78 is 0. The molecule has 8 heteroatoms. The number of likely N-dealkylation sites (tertiary alicyclic amines) is 1. The highest BCUT2D eigenvalue weighted by Crippen LogP contribution is 2.23. The highest BCUT2D eigenvalue weighted by Gasteiger charge is 2.20. The second-order valence-corrected chi connectivity index (χ2v) is 6.97. The zero-order chi connectivity index (χ0) is 17.5. The lowest BCUT2D eigenvalue weighted by Crippen LogP contribution is -2.44. The predicted octanol–water partition coefficient (Wildman–Crippen LogP) is 3.29. The van der Waals surface area contributed by atoms with Crippen molar-refractivity contribution in [1.82, 2.24) is 15.5 Å². The number of nitrogens with one attached hydrogen (secondary N) is 2. The molecule has 0 aliphatic carbocycles. The average Bonchev–Trinajstić information content (AvgIpc) is 2.94. The Morgan fingerprint density at radius 3 is 2.56 bits per heavy atom. The summed E-state index contributed by atoms with van der Waals surface area (Å²) in [6.45, 7) is 5.03. The third-order valence-electron chi connectivity index (χ3n) is 4.21. The molecule has 1 aliphatic rings. The van der Waals surface area contributed by atoms with Crippen molar-refractivity contribution in [2.45, 2.75) is 31.9 Å². The molecule has 1 aliphatic heterocycles. The summed E-state index contributed by atoms with van der Waals surface area (Å²) in [5.41, 5.74) is 0.669. The zero-order valence-corrected chi connectivity index (χ0v) is 18.5. The second-order valence-electron chi connectivity index (χ2n) is 6.10. The lowest BCUT2D eigenvalue weighted by Gasteiger charge is -2.21. The van der Waals surface area contributed by atoms with E-state index in [0.29, 0.717) is 27.6 Å². The van der Waals surface area contributed by atoms with E-state index in [9.17, 15) is 5.11 Å². The van der Waals surface area contributed by atoms with Crippen LogP contribution in [0.3, 0.4) is 0 Å². The third-order valence-corrected chi connectivity index (χ3v) is 4.65. The molecule has 1 heterocycles. The van der Waals surface area contributed by atoms with Crippen LogP contribution in [0.2, 0.25) is 10.0 Å². The van der Waals surface area contributed by atoms with Gasteiger partial charge in [-0.1, -0.05) is 23.2 Å². The van der Waals surface area contributed by atoms with Crippen LogP contribution in [0.15, 0.2) is 23.2 Å². The topological polar surface area (TPSA) is 59.9 Å². The predicted molar refractivity (Wildman–Crippen MR) is 116 cm³/mol. The average molecular weight is 501 g/mol. The third kappa shape index (κ3) is 7.46. The maximum Gasteiger partial charge on any atom is 0.191 e. The van der Waals surface area contributed by atoms with Crippen LogP contribution in [0.4, 0.5) is 0 Å². The standard InChI is InChI=1S/C17H26Cl2N4O.HI/c1-3-20-17(21-10-15-5-4-6-23(15)2)22-11-16(24)12-7-13(18)9-14(19)8-12;/h7-9,15-16,24H,3-6,10-11H2,1-2H3,(H2,20,21,22);1H. The highest BCUT2D eigenvalue weighted by atomic mass is 127. The van der Waals surface area contributed by atoms with Gasteiger partial charge in [-0.25, -0.2) is 0 Å². The van der Waals surface area contributed by atoms with Gasteiger partial charge in [-0.3, -0.25) is 4.99 Å². The van der Waals surface area contributed by atoms with E-state index in [-0.39, 0.29) is 30.5 Å². The van der Waals surface area contributed by atoms with E-state index < -0.39 is 6.10 Å². The van der Waals surface area contributed by atoms with Gasteiger partial charge in [0.1, 0.15) is 0 Å². The number of hydrogen-bond acceptors (Lipinski definition) is 3. The van der Waals surface area contributed by atoms with Crippen molar-refractivity contribution in [2.75, 3.05) is 33.2 Å². The summed E-state index contributed by atoms with van der Waals surface area (Å²) in [5, 5.41) is 17.9. The molecule has 1 saturated heterocycles. The normalized spacial score (nSPS) is 19.4. The Morgan fingerprint density at radius 2 is 2.00 bits per heavy atom. The largest absolute Gasteiger partial charge is 0.386 e. The SMILES string of the molecule is CCNC(=NCC(O)c1cc(Cl)cc(Cl)c1)NCC1CCCN1C.I. The van der Waals surface area contributed by atoms with Crippen LogP contribution in [0, 0.1) is 0 Å². The number of hydrogen-bond donors (Lipinski definition) is 3. The van der Waals surface area contributed by atoms with Gasteiger partial charge in [-0.2, -0.15) is 0 Å².